The number of hydrogen-bond donors (Lipinski definition) is 0. The quantitative estimate of drug-likeness (QED) is 0.557. The lowest BCUT2D eigenvalue weighted by Crippen LogP contribution is -2.33. The van der Waals surface area contributed by atoms with Gasteiger partial charge in [0.2, 0.25) is 0 Å². The van der Waals surface area contributed by atoms with Crippen molar-refractivity contribution in [1.82, 2.24) is 0 Å². The Morgan fingerprint density at radius 2 is 1.86 bits per heavy atom. The number of amides is 1. The molecule has 0 saturated carbocycles. The molecular weight excluding hydrogens is 338 g/mol. The highest BCUT2D eigenvalue weighted by Gasteiger charge is 2.35. The fraction of sp³-hybridized carbons (Fsp3) is 0.467. The summed E-state index contributed by atoms with van der Waals surface area (Å²) in [6.07, 6.45) is 0.165. The van der Waals surface area contributed by atoms with Crippen molar-refractivity contribution < 1.29 is 19.1 Å². The number of anilines is 1. The van der Waals surface area contributed by atoms with E-state index in [4.69, 9.17) is 9.47 Å². The summed E-state index contributed by atoms with van der Waals surface area (Å²) in [5, 5.41) is 0. The minimum absolute atomic E-state index is 0.359. The lowest BCUT2D eigenvalue weighted by molar-refractivity contribution is -0.138. The largest absolute Gasteiger partial charge is 0.353 e. The van der Waals surface area contributed by atoms with E-state index in [9.17, 15) is 9.59 Å². The lowest BCUT2D eigenvalue weighted by Gasteiger charge is -2.21. The number of hydrogen-bond acceptors (Lipinski definition) is 4. The van der Waals surface area contributed by atoms with E-state index >= 15 is 0 Å². The van der Waals surface area contributed by atoms with E-state index < -0.39 is 11.7 Å². The van der Waals surface area contributed by atoms with Gasteiger partial charge in [-0.15, -0.1) is 0 Å². The molecule has 1 aromatic rings. The molecule has 0 N–H and O–H groups in total. The average molecular weight is 356 g/mol. The van der Waals surface area contributed by atoms with E-state index in [1.54, 1.807) is 12.1 Å². The third-order valence-electron chi connectivity index (χ3n) is 3.23. The van der Waals surface area contributed by atoms with E-state index in [1.807, 2.05) is 19.9 Å². The highest BCUT2D eigenvalue weighted by molar-refractivity contribution is 9.10. The molecule has 0 radical (unpaired) electrons. The maximum absolute atomic E-state index is 12.1. The zero-order valence-corrected chi connectivity index (χ0v) is 13.7. The van der Waals surface area contributed by atoms with Crippen molar-refractivity contribution in [3.8, 4) is 0 Å². The monoisotopic (exact) mass is 355 g/mol. The smallest absolute Gasteiger partial charge is 0.299 e. The Hall–Kier alpha value is -1.24. The number of benzene rings is 1. The molecule has 1 heterocycles. The van der Waals surface area contributed by atoms with Crippen molar-refractivity contribution in [2.45, 2.75) is 26.6 Å². The molecule has 0 atom stereocenters. The van der Waals surface area contributed by atoms with E-state index in [2.05, 4.69) is 15.9 Å². The van der Waals surface area contributed by atoms with Crippen LogP contribution in [0.4, 0.5) is 5.69 Å². The minimum Gasteiger partial charge on any atom is -0.353 e. The molecule has 1 aromatic carbocycles. The summed E-state index contributed by atoms with van der Waals surface area (Å²) in [5.74, 6) is -0.953. The van der Waals surface area contributed by atoms with Crippen LogP contribution in [0.15, 0.2) is 22.7 Å². The Morgan fingerprint density at radius 1 is 1.19 bits per heavy atom. The van der Waals surface area contributed by atoms with Gasteiger partial charge in [0.25, 0.3) is 11.7 Å². The Kier molecular flexibility index (Phi) is 5.50. The maximum atomic E-state index is 12.1. The van der Waals surface area contributed by atoms with Gasteiger partial charge in [0.1, 0.15) is 0 Å². The van der Waals surface area contributed by atoms with Gasteiger partial charge in [0.05, 0.1) is 11.3 Å². The second-order valence-electron chi connectivity index (χ2n) is 4.58. The zero-order valence-electron chi connectivity index (χ0n) is 12.1. The van der Waals surface area contributed by atoms with Crippen LogP contribution in [0, 0.1) is 0 Å². The molecule has 114 valence electrons. The Labute approximate surface area is 132 Å². The summed E-state index contributed by atoms with van der Waals surface area (Å²) in [6.45, 7) is 5.26. The van der Waals surface area contributed by atoms with Crippen LogP contribution in [0.3, 0.4) is 0 Å². The first-order valence-corrected chi connectivity index (χ1v) is 7.76. The number of rotatable bonds is 7. The summed E-state index contributed by atoms with van der Waals surface area (Å²) in [5.41, 5.74) is 1.10. The van der Waals surface area contributed by atoms with E-state index in [1.165, 1.54) is 4.90 Å². The van der Waals surface area contributed by atoms with Crippen molar-refractivity contribution in [3.63, 3.8) is 0 Å². The average Bonchev–Trinajstić information content (AvgIpc) is 2.69. The second-order valence-corrected chi connectivity index (χ2v) is 5.49. The summed E-state index contributed by atoms with van der Waals surface area (Å²) >= 11 is 3.31. The highest BCUT2D eigenvalue weighted by atomic mass is 79.9. The summed E-state index contributed by atoms with van der Waals surface area (Å²) in [7, 11) is 0. The summed E-state index contributed by atoms with van der Waals surface area (Å²) in [4.78, 5) is 25.6. The first-order valence-electron chi connectivity index (χ1n) is 6.97. The van der Waals surface area contributed by atoms with Crippen LogP contribution in [0.1, 0.15) is 30.6 Å². The molecule has 0 bridgehead atoms. The van der Waals surface area contributed by atoms with Crippen molar-refractivity contribution in [2.24, 2.45) is 0 Å². The summed E-state index contributed by atoms with van der Waals surface area (Å²) in [6, 6.07) is 5.27. The molecule has 21 heavy (non-hydrogen) atoms. The van der Waals surface area contributed by atoms with Crippen LogP contribution in [0.25, 0.3) is 0 Å². The minimum atomic E-state index is -0.491. The van der Waals surface area contributed by atoms with Gasteiger partial charge in [-0.25, -0.2) is 0 Å². The van der Waals surface area contributed by atoms with Gasteiger partial charge in [0.15, 0.2) is 6.29 Å². The molecule has 1 aliphatic heterocycles. The van der Waals surface area contributed by atoms with Crippen molar-refractivity contribution in [1.29, 1.82) is 0 Å². The number of ether oxygens (including phenoxy) is 2. The molecule has 2 rings (SSSR count). The molecule has 0 spiro atoms. The van der Waals surface area contributed by atoms with E-state index in [0.717, 1.165) is 4.47 Å². The summed E-state index contributed by atoms with van der Waals surface area (Å²) < 4.78 is 11.7. The predicted molar refractivity (Wildman–Crippen MR) is 82.5 cm³/mol. The highest BCUT2D eigenvalue weighted by Crippen LogP contribution is 2.31. The molecular formula is C15H18BrNO4. The van der Waals surface area contributed by atoms with E-state index in [0.29, 0.717) is 37.4 Å². The Bertz CT molecular complexity index is 540. The topological polar surface area (TPSA) is 55.8 Å². The number of nitrogens with zero attached hydrogens (tertiary/aromatic N) is 1. The van der Waals surface area contributed by atoms with Gasteiger partial charge >= 0.3 is 0 Å². The first kappa shape index (κ1) is 16.1. The van der Waals surface area contributed by atoms with Gasteiger partial charge in [-0.05, 0) is 32.0 Å². The molecule has 0 aromatic heterocycles. The van der Waals surface area contributed by atoms with Crippen molar-refractivity contribution in [2.75, 3.05) is 24.7 Å². The van der Waals surface area contributed by atoms with E-state index in [-0.39, 0.29) is 6.29 Å². The first-order chi connectivity index (χ1) is 10.1. The van der Waals surface area contributed by atoms with Crippen LogP contribution in [-0.4, -0.2) is 37.7 Å². The van der Waals surface area contributed by atoms with Crippen molar-refractivity contribution >= 4 is 33.3 Å². The molecule has 1 aliphatic rings. The molecule has 6 heteroatoms. The van der Waals surface area contributed by atoms with Gasteiger partial charge in [-0.2, -0.15) is 0 Å². The van der Waals surface area contributed by atoms with Crippen LogP contribution >= 0.6 is 15.9 Å². The molecule has 0 saturated heterocycles. The zero-order chi connectivity index (χ0) is 15.4. The maximum Gasteiger partial charge on any atom is 0.299 e. The molecule has 0 aliphatic carbocycles. The number of fused-ring (bicyclic) bond motifs is 1. The van der Waals surface area contributed by atoms with Crippen LogP contribution in [-0.2, 0) is 14.3 Å². The normalized spacial score (nSPS) is 14.2. The number of carbonyl (C=O) groups is 2. The second kappa shape index (κ2) is 7.15. The van der Waals surface area contributed by atoms with Gasteiger partial charge in [-0.3, -0.25) is 9.59 Å². The molecule has 5 nitrogen and oxygen atoms in total. The number of carbonyl (C=O) groups excluding carboxylic acids is 2. The van der Waals surface area contributed by atoms with Crippen LogP contribution < -0.4 is 4.90 Å². The standard InChI is InChI=1S/C15H18BrNO4/c1-3-20-13(21-4-2)7-8-17-12-6-5-10(16)9-11(12)14(18)15(17)19/h5-6,9,13H,3-4,7-8H2,1-2H3. The Morgan fingerprint density at radius 3 is 2.48 bits per heavy atom. The molecule has 0 fully saturated rings. The fourth-order valence-electron chi connectivity index (χ4n) is 2.32. The SMILES string of the molecule is CCOC(CCN1C(=O)C(=O)c2cc(Br)ccc21)OCC. The predicted octanol–water partition coefficient (Wildman–Crippen LogP) is 2.77. The molecule has 1 amide bonds. The van der Waals surface area contributed by atoms with Gasteiger partial charge in [0, 0.05) is 30.7 Å². The molecule has 0 unspecified atom stereocenters. The van der Waals surface area contributed by atoms with Crippen LogP contribution in [0.2, 0.25) is 0 Å². The Balaban J connectivity index is 2.11. The van der Waals surface area contributed by atoms with Gasteiger partial charge < -0.3 is 14.4 Å². The number of halogens is 1. The third kappa shape index (κ3) is 3.51. The fourth-order valence-corrected chi connectivity index (χ4v) is 2.68. The van der Waals surface area contributed by atoms with Gasteiger partial charge in [-0.1, -0.05) is 15.9 Å². The van der Waals surface area contributed by atoms with Crippen molar-refractivity contribution in [3.05, 3.63) is 28.2 Å². The number of Topliss-reactive ketones (excluding diaryl/α,β-unsaturated/α-hetero) is 1. The van der Waals surface area contributed by atoms with Crippen LogP contribution in [0.5, 0.6) is 0 Å². The number of ketones is 1. The third-order valence-corrected chi connectivity index (χ3v) is 3.72. The lowest BCUT2D eigenvalue weighted by atomic mass is 10.1.